The van der Waals surface area contributed by atoms with E-state index in [1.54, 1.807) is 6.26 Å². The largest absolute Gasteiger partial charge is 0.472 e. The third-order valence-electron chi connectivity index (χ3n) is 4.54. The van der Waals surface area contributed by atoms with E-state index in [9.17, 15) is 0 Å². The molecule has 2 aliphatic heterocycles. The first kappa shape index (κ1) is 12.2. The van der Waals surface area contributed by atoms with Crippen LogP contribution in [0, 0.1) is 0 Å². The predicted octanol–water partition coefficient (Wildman–Crippen LogP) is 1.45. The highest BCUT2D eigenvalue weighted by Crippen LogP contribution is 2.30. The summed E-state index contributed by atoms with van der Waals surface area (Å²) in [5.41, 5.74) is 7.22. The fourth-order valence-electron chi connectivity index (χ4n) is 3.57. The van der Waals surface area contributed by atoms with Gasteiger partial charge in [-0.15, -0.1) is 0 Å². The standard InChI is InChI=1S/C14H23N3O/c1-11-8-16-5-2-3-13(16)9-17(11)14(7-15)12-4-6-18-10-12/h4,6,10-11,13-14H,2-3,5,7-9,15H2,1H3. The molecule has 18 heavy (non-hydrogen) atoms. The first-order valence-electron chi connectivity index (χ1n) is 7.01. The molecule has 0 bridgehead atoms. The summed E-state index contributed by atoms with van der Waals surface area (Å²) < 4.78 is 5.22. The quantitative estimate of drug-likeness (QED) is 0.880. The second-order valence-corrected chi connectivity index (χ2v) is 5.64. The molecule has 2 aliphatic rings. The van der Waals surface area contributed by atoms with Crippen molar-refractivity contribution in [3.8, 4) is 0 Å². The molecular formula is C14H23N3O. The van der Waals surface area contributed by atoms with Crippen LogP contribution in [0.1, 0.15) is 31.4 Å². The van der Waals surface area contributed by atoms with Crippen LogP contribution in [0.3, 0.4) is 0 Å². The van der Waals surface area contributed by atoms with Gasteiger partial charge in [0, 0.05) is 37.3 Å². The SMILES string of the molecule is CC1CN2CCCC2CN1C(CN)c1ccoc1. The Hall–Kier alpha value is -0.840. The second-order valence-electron chi connectivity index (χ2n) is 5.64. The number of hydrogen-bond donors (Lipinski definition) is 1. The number of fused-ring (bicyclic) bond motifs is 1. The average Bonchev–Trinajstić information content (AvgIpc) is 3.01. The van der Waals surface area contributed by atoms with Gasteiger partial charge in [0.2, 0.25) is 0 Å². The van der Waals surface area contributed by atoms with Crippen LogP contribution in [-0.4, -0.2) is 48.1 Å². The lowest BCUT2D eigenvalue weighted by Crippen LogP contribution is -2.56. The fourth-order valence-corrected chi connectivity index (χ4v) is 3.57. The molecule has 100 valence electrons. The van der Waals surface area contributed by atoms with Crippen LogP contribution in [0.25, 0.3) is 0 Å². The summed E-state index contributed by atoms with van der Waals surface area (Å²) in [6.07, 6.45) is 6.27. The number of piperazine rings is 1. The lowest BCUT2D eigenvalue weighted by Gasteiger charge is -2.45. The Balaban J connectivity index is 1.77. The van der Waals surface area contributed by atoms with Crippen molar-refractivity contribution in [1.82, 2.24) is 9.80 Å². The molecule has 0 spiro atoms. The molecule has 2 saturated heterocycles. The number of rotatable bonds is 3. The number of hydrogen-bond acceptors (Lipinski definition) is 4. The zero-order chi connectivity index (χ0) is 12.5. The lowest BCUT2D eigenvalue weighted by atomic mass is 10.0. The maximum Gasteiger partial charge on any atom is 0.0950 e. The third-order valence-corrected chi connectivity index (χ3v) is 4.54. The topological polar surface area (TPSA) is 45.6 Å². The number of furan rings is 1. The van der Waals surface area contributed by atoms with E-state index in [4.69, 9.17) is 10.2 Å². The minimum absolute atomic E-state index is 0.307. The highest BCUT2D eigenvalue weighted by atomic mass is 16.3. The molecule has 1 aromatic rings. The fraction of sp³-hybridized carbons (Fsp3) is 0.714. The van der Waals surface area contributed by atoms with Crippen molar-refractivity contribution >= 4 is 0 Å². The predicted molar refractivity (Wildman–Crippen MR) is 71.3 cm³/mol. The maximum atomic E-state index is 6.00. The highest BCUT2D eigenvalue weighted by Gasteiger charge is 2.37. The van der Waals surface area contributed by atoms with Crippen LogP contribution in [-0.2, 0) is 0 Å². The zero-order valence-electron chi connectivity index (χ0n) is 11.1. The lowest BCUT2D eigenvalue weighted by molar-refractivity contribution is 0.0294. The molecule has 1 aromatic heterocycles. The molecule has 2 N–H and O–H groups in total. The van der Waals surface area contributed by atoms with Gasteiger partial charge < -0.3 is 10.2 Å². The van der Waals surface area contributed by atoms with Crippen molar-refractivity contribution in [3.63, 3.8) is 0 Å². The third kappa shape index (κ3) is 2.09. The van der Waals surface area contributed by atoms with Gasteiger partial charge in [-0.2, -0.15) is 0 Å². The van der Waals surface area contributed by atoms with Crippen LogP contribution in [0.4, 0.5) is 0 Å². The Morgan fingerprint density at radius 1 is 1.50 bits per heavy atom. The van der Waals surface area contributed by atoms with Crippen LogP contribution in [0.5, 0.6) is 0 Å². The van der Waals surface area contributed by atoms with Crippen molar-refractivity contribution in [2.75, 3.05) is 26.2 Å². The Morgan fingerprint density at radius 2 is 2.39 bits per heavy atom. The van der Waals surface area contributed by atoms with E-state index < -0.39 is 0 Å². The van der Waals surface area contributed by atoms with Gasteiger partial charge >= 0.3 is 0 Å². The van der Waals surface area contributed by atoms with Crippen molar-refractivity contribution in [2.45, 2.75) is 37.9 Å². The van der Waals surface area contributed by atoms with Crippen molar-refractivity contribution < 1.29 is 4.42 Å². The van der Waals surface area contributed by atoms with Gasteiger partial charge in [0.15, 0.2) is 0 Å². The smallest absolute Gasteiger partial charge is 0.0950 e. The Labute approximate surface area is 109 Å². The van der Waals surface area contributed by atoms with E-state index in [0.29, 0.717) is 18.6 Å². The monoisotopic (exact) mass is 249 g/mol. The first-order valence-corrected chi connectivity index (χ1v) is 7.01. The molecule has 4 heteroatoms. The van der Waals surface area contributed by atoms with Crippen LogP contribution in [0.15, 0.2) is 23.0 Å². The van der Waals surface area contributed by atoms with E-state index >= 15 is 0 Å². The van der Waals surface area contributed by atoms with Crippen LogP contribution < -0.4 is 5.73 Å². The summed E-state index contributed by atoms with van der Waals surface area (Å²) in [5, 5.41) is 0. The van der Waals surface area contributed by atoms with Gasteiger partial charge in [0.05, 0.1) is 18.6 Å². The number of nitrogens with zero attached hydrogens (tertiary/aromatic N) is 2. The zero-order valence-corrected chi connectivity index (χ0v) is 11.1. The molecule has 3 rings (SSSR count). The van der Waals surface area contributed by atoms with Gasteiger partial charge in [0.25, 0.3) is 0 Å². The van der Waals surface area contributed by atoms with Crippen molar-refractivity contribution in [3.05, 3.63) is 24.2 Å². The van der Waals surface area contributed by atoms with Gasteiger partial charge in [-0.1, -0.05) is 0 Å². The summed E-state index contributed by atoms with van der Waals surface area (Å²) in [4.78, 5) is 5.21. The maximum absolute atomic E-state index is 6.00. The summed E-state index contributed by atoms with van der Waals surface area (Å²) in [5.74, 6) is 0. The van der Waals surface area contributed by atoms with E-state index in [0.717, 1.165) is 12.6 Å². The molecule has 2 fully saturated rings. The molecule has 0 amide bonds. The van der Waals surface area contributed by atoms with E-state index in [1.165, 1.54) is 31.5 Å². The first-order chi connectivity index (χ1) is 8.79. The van der Waals surface area contributed by atoms with Gasteiger partial charge in [-0.25, -0.2) is 0 Å². The van der Waals surface area contributed by atoms with E-state index in [-0.39, 0.29) is 0 Å². The summed E-state index contributed by atoms with van der Waals surface area (Å²) in [7, 11) is 0. The highest BCUT2D eigenvalue weighted by molar-refractivity contribution is 5.13. The molecule has 3 atom stereocenters. The molecule has 3 heterocycles. The minimum atomic E-state index is 0.307. The Bertz CT molecular complexity index is 378. The molecule has 0 saturated carbocycles. The molecular weight excluding hydrogens is 226 g/mol. The Morgan fingerprint density at radius 3 is 3.11 bits per heavy atom. The van der Waals surface area contributed by atoms with Crippen molar-refractivity contribution in [2.24, 2.45) is 5.73 Å². The van der Waals surface area contributed by atoms with Crippen LogP contribution in [0.2, 0.25) is 0 Å². The minimum Gasteiger partial charge on any atom is -0.472 e. The normalized spacial score (nSPS) is 31.4. The van der Waals surface area contributed by atoms with Crippen molar-refractivity contribution in [1.29, 1.82) is 0 Å². The summed E-state index contributed by atoms with van der Waals surface area (Å²) in [6.45, 7) is 6.59. The summed E-state index contributed by atoms with van der Waals surface area (Å²) >= 11 is 0. The van der Waals surface area contributed by atoms with E-state index in [2.05, 4.69) is 16.7 Å². The molecule has 3 unspecified atom stereocenters. The number of nitrogens with two attached hydrogens (primary N) is 1. The Kier molecular flexibility index (Phi) is 3.41. The molecule has 4 nitrogen and oxygen atoms in total. The van der Waals surface area contributed by atoms with Crippen LogP contribution >= 0.6 is 0 Å². The molecule has 0 aliphatic carbocycles. The molecule has 0 aromatic carbocycles. The summed E-state index contributed by atoms with van der Waals surface area (Å²) in [6, 6.07) is 3.66. The van der Waals surface area contributed by atoms with E-state index in [1.807, 2.05) is 12.3 Å². The van der Waals surface area contributed by atoms with Gasteiger partial charge in [0.1, 0.15) is 0 Å². The molecule has 0 radical (unpaired) electrons. The average molecular weight is 249 g/mol. The van der Waals surface area contributed by atoms with Gasteiger partial charge in [-0.3, -0.25) is 9.80 Å². The van der Waals surface area contributed by atoms with Gasteiger partial charge in [-0.05, 0) is 32.4 Å². The second kappa shape index (κ2) is 5.03.